The third kappa shape index (κ3) is 4.52. The van der Waals surface area contributed by atoms with Crippen molar-refractivity contribution in [1.29, 1.82) is 0 Å². The van der Waals surface area contributed by atoms with Gasteiger partial charge >= 0.3 is 0 Å². The molecule has 1 aromatic rings. The zero-order valence-corrected chi connectivity index (χ0v) is 14.0. The molecule has 0 aromatic heterocycles. The first-order valence-corrected chi connectivity index (χ1v) is 7.81. The molecule has 0 aliphatic carbocycles. The second kappa shape index (κ2) is 7.12. The first kappa shape index (κ1) is 17.0. The van der Waals surface area contributed by atoms with Gasteiger partial charge in [-0.05, 0) is 34.9 Å². The van der Waals surface area contributed by atoms with Crippen LogP contribution in [0.3, 0.4) is 0 Å². The molecule has 1 rings (SSSR count). The van der Waals surface area contributed by atoms with Crippen LogP contribution in [0.5, 0.6) is 5.75 Å². The summed E-state index contributed by atoms with van der Waals surface area (Å²) in [4.78, 5) is 0. The van der Waals surface area contributed by atoms with Gasteiger partial charge in [0.2, 0.25) is 0 Å². The predicted octanol–water partition coefficient (Wildman–Crippen LogP) is 4.30. The maximum atomic E-state index is 6.17. The van der Waals surface area contributed by atoms with Gasteiger partial charge in [0.05, 0.1) is 0 Å². The van der Waals surface area contributed by atoms with E-state index in [0.29, 0.717) is 12.5 Å². The molecule has 0 radical (unpaired) electrons. The van der Waals surface area contributed by atoms with Crippen molar-refractivity contribution >= 4 is 0 Å². The average Bonchev–Trinajstić information content (AvgIpc) is 2.42. The molecule has 2 heteroatoms. The summed E-state index contributed by atoms with van der Waals surface area (Å²) in [5, 5.41) is 0. The maximum Gasteiger partial charge on any atom is 0.123 e. The average molecular weight is 277 g/mol. The van der Waals surface area contributed by atoms with E-state index in [4.69, 9.17) is 10.5 Å². The molecular formula is C18H31NO. The van der Waals surface area contributed by atoms with Crippen LogP contribution < -0.4 is 10.5 Å². The Morgan fingerprint density at radius 1 is 1.20 bits per heavy atom. The smallest absolute Gasteiger partial charge is 0.123 e. The first-order valence-electron chi connectivity index (χ1n) is 7.81. The summed E-state index contributed by atoms with van der Waals surface area (Å²) >= 11 is 0. The van der Waals surface area contributed by atoms with Crippen molar-refractivity contribution in [3.8, 4) is 5.75 Å². The van der Waals surface area contributed by atoms with Crippen LogP contribution in [-0.2, 0) is 11.8 Å². The van der Waals surface area contributed by atoms with E-state index >= 15 is 0 Å². The Balaban J connectivity index is 2.89. The number of rotatable bonds is 6. The van der Waals surface area contributed by atoms with Crippen molar-refractivity contribution in [3.63, 3.8) is 0 Å². The van der Waals surface area contributed by atoms with E-state index in [0.717, 1.165) is 18.6 Å². The molecular weight excluding hydrogens is 246 g/mol. The monoisotopic (exact) mass is 277 g/mol. The standard InChI is InChI=1S/C18H31NO/c1-7-13(3)16(19)12-20-17-10-9-14(8-2)11-15(17)18(4,5)6/h9-11,13,16H,7-8,12,19H2,1-6H3. The van der Waals surface area contributed by atoms with Crippen LogP contribution >= 0.6 is 0 Å². The fourth-order valence-corrected chi connectivity index (χ4v) is 2.16. The number of ether oxygens (including phenoxy) is 1. The van der Waals surface area contributed by atoms with Crippen LogP contribution in [0, 0.1) is 5.92 Å². The predicted molar refractivity (Wildman–Crippen MR) is 87.4 cm³/mol. The van der Waals surface area contributed by atoms with Gasteiger partial charge in [0.1, 0.15) is 12.4 Å². The number of aryl methyl sites for hydroxylation is 1. The third-order valence-electron chi connectivity index (χ3n) is 4.07. The molecule has 2 atom stereocenters. The van der Waals surface area contributed by atoms with Gasteiger partial charge in [-0.15, -0.1) is 0 Å². The molecule has 0 amide bonds. The summed E-state index contributed by atoms with van der Waals surface area (Å²) in [6, 6.07) is 6.62. The summed E-state index contributed by atoms with van der Waals surface area (Å²) in [5.74, 6) is 1.47. The van der Waals surface area contributed by atoms with Crippen molar-refractivity contribution in [2.75, 3.05) is 6.61 Å². The first-order chi connectivity index (χ1) is 9.29. The molecule has 0 heterocycles. The van der Waals surface area contributed by atoms with Crippen molar-refractivity contribution in [3.05, 3.63) is 29.3 Å². The van der Waals surface area contributed by atoms with Crippen LogP contribution in [-0.4, -0.2) is 12.6 Å². The normalized spacial score (nSPS) is 14.9. The minimum Gasteiger partial charge on any atom is -0.492 e. The summed E-state index contributed by atoms with van der Waals surface area (Å²) in [5.41, 5.74) is 8.88. The molecule has 0 aliphatic rings. The highest BCUT2D eigenvalue weighted by Crippen LogP contribution is 2.32. The summed E-state index contributed by atoms with van der Waals surface area (Å²) in [6.07, 6.45) is 2.14. The summed E-state index contributed by atoms with van der Waals surface area (Å²) in [6.45, 7) is 13.8. The molecule has 0 saturated heterocycles. The van der Waals surface area contributed by atoms with Gasteiger partial charge < -0.3 is 10.5 Å². The van der Waals surface area contributed by atoms with Gasteiger partial charge in [-0.3, -0.25) is 0 Å². The number of hydrogen-bond donors (Lipinski definition) is 1. The summed E-state index contributed by atoms with van der Waals surface area (Å²) in [7, 11) is 0. The topological polar surface area (TPSA) is 35.2 Å². The highest BCUT2D eigenvalue weighted by Gasteiger charge is 2.20. The lowest BCUT2D eigenvalue weighted by atomic mass is 9.85. The van der Waals surface area contributed by atoms with Crippen molar-refractivity contribution in [2.24, 2.45) is 11.7 Å². The molecule has 1 aromatic carbocycles. The zero-order chi connectivity index (χ0) is 15.3. The van der Waals surface area contributed by atoms with Gasteiger partial charge in [0.25, 0.3) is 0 Å². The van der Waals surface area contributed by atoms with Gasteiger partial charge in [0.15, 0.2) is 0 Å². The van der Waals surface area contributed by atoms with Crippen LogP contribution in [0.4, 0.5) is 0 Å². The highest BCUT2D eigenvalue weighted by molar-refractivity contribution is 5.41. The Morgan fingerprint density at radius 3 is 2.35 bits per heavy atom. The van der Waals surface area contributed by atoms with Crippen molar-refractivity contribution < 1.29 is 4.74 Å². The van der Waals surface area contributed by atoms with Gasteiger partial charge in [0, 0.05) is 6.04 Å². The molecule has 0 spiro atoms. The Bertz CT molecular complexity index is 420. The molecule has 114 valence electrons. The number of nitrogens with two attached hydrogens (primary N) is 1. The van der Waals surface area contributed by atoms with E-state index in [-0.39, 0.29) is 11.5 Å². The maximum absolute atomic E-state index is 6.17. The van der Waals surface area contributed by atoms with Crippen LogP contribution in [0.2, 0.25) is 0 Å². The Hall–Kier alpha value is -1.02. The van der Waals surface area contributed by atoms with E-state index in [9.17, 15) is 0 Å². The van der Waals surface area contributed by atoms with Crippen LogP contribution in [0.1, 0.15) is 59.1 Å². The molecule has 2 nitrogen and oxygen atoms in total. The molecule has 2 unspecified atom stereocenters. The van der Waals surface area contributed by atoms with Gasteiger partial charge in [-0.1, -0.05) is 60.1 Å². The lowest BCUT2D eigenvalue weighted by Gasteiger charge is -2.25. The molecule has 20 heavy (non-hydrogen) atoms. The van der Waals surface area contributed by atoms with E-state index in [1.165, 1.54) is 11.1 Å². The molecule has 2 N–H and O–H groups in total. The second-order valence-corrected chi connectivity index (χ2v) is 6.79. The Morgan fingerprint density at radius 2 is 1.85 bits per heavy atom. The van der Waals surface area contributed by atoms with Gasteiger partial charge in [-0.25, -0.2) is 0 Å². The highest BCUT2D eigenvalue weighted by atomic mass is 16.5. The third-order valence-corrected chi connectivity index (χ3v) is 4.07. The van der Waals surface area contributed by atoms with E-state index in [1.807, 2.05) is 0 Å². The minimum absolute atomic E-state index is 0.0843. The molecule has 0 bridgehead atoms. The number of hydrogen-bond acceptors (Lipinski definition) is 2. The molecule has 0 saturated carbocycles. The van der Waals surface area contributed by atoms with E-state index in [1.54, 1.807) is 0 Å². The van der Waals surface area contributed by atoms with E-state index < -0.39 is 0 Å². The van der Waals surface area contributed by atoms with Crippen LogP contribution in [0.25, 0.3) is 0 Å². The Labute approximate surface area is 124 Å². The molecule has 0 aliphatic heterocycles. The SMILES string of the molecule is CCc1ccc(OCC(N)C(C)CC)c(C(C)(C)C)c1. The quantitative estimate of drug-likeness (QED) is 0.841. The minimum atomic E-state index is 0.0843. The largest absolute Gasteiger partial charge is 0.492 e. The molecule has 0 fully saturated rings. The Kier molecular flexibility index (Phi) is 6.07. The van der Waals surface area contributed by atoms with E-state index in [2.05, 4.69) is 59.7 Å². The fourth-order valence-electron chi connectivity index (χ4n) is 2.16. The van der Waals surface area contributed by atoms with Crippen molar-refractivity contribution in [2.45, 2.75) is 65.8 Å². The zero-order valence-electron chi connectivity index (χ0n) is 14.0. The fraction of sp³-hybridized carbons (Fsp3) is 0.667. The number of benzene rings is 1. The lowest BCUT2D eigenvalue weighted by Crippen LogP contribution is -2.34. The van der Waals surface area contributed by atoms with Gasteiger partial charge in [-0.2, -0.15) is 0 Å². The lowest BCUT2D eigenvalue weighted by molar-refractivity contribution is 0.245. The van der Waals surface area contributed by atoms with Crippen LogP contribution in [0.15, 0.2) is 18.2 Å². The summed E-state index contributed by atoms with van der Waals surface area (Å²) < 4.78 is 6.02. The van der Waals surface area contributed by atoms with Crippen molar-refractivity contribution in [1.82, 2.24) is 0 Å². The second-order valence-electron chi connectivity index (χ2n) is 6.79.